The molecule has 2 amide bonds. The molecule has 32 heavy (non-hydrogen) atoms. The first kappa shape index (κ1) is 24.4. The number of amides is 2. The topological polar surface area (TPSA) is 162 Å². The van der Waals surface area contributed by atoms with Crippen LogP contribution in [0.4, 0.5) is 5.69 Å². The van der Waals surface area contributed by atoms with Crippen molar-refractivity contribution in [3.05, 3.63) is 50.0 Å². The number of aromatic hydroxyl groups is 1. The molecule has 0 fully saturated rings. The van der Waals surface area contributed by atoms with Crippen molar-refractivity contribution in [2.75, 3.05) is 27.9 Å². The summed E-state index contributed by atoms with van der Waals surface area (Å²) in [5, 5.41) is 26.9. The molecular weight excluding hydrogens is 492 g/mol. The Morgan fingerprint density at radius 3 is 2.31 bits per heavy atom. The predicted octanol–water partition coefficient (Wildman–Crippen LogP) is 1.97. The second kappa shape index (κ2) is 10.9. The molecule has 0 bridgehead atoms. The number of halogens is 1. The van der Waals surface area contributed by atoms with E-state index in [4.69, 9.17) is 14.2 Å². The molecule has 3 N–H and O–H groups in total. The fourth-order valence-corrected chi connectivity index (χ4v) is 2.96. The molecule has 0 aliphatic rings. The Morgan fingerprint density at radius 2 is 1.78 bits per heavy atom. The van der Waals surface area contributed by atoms with Gasteiger partial charge in [0.25, 0.3) is 17.5 Å². The van der Waals surface area contributed by atoms with E-state index in [0.29, 0.717) is 5.75 Å². The number of carbonyl (C=O) groups is 2. The van der Waals surface area contributed by atoms with Gasteiger partial charge in [-0.2, -0.15) is 5.10 Å². The molecule has 2 aromatic rings. The van der Waals surface area contributed by atoms with Crippen LogP contribution < -0.4 is 25.0 Å². The zero-order valence-corrected chi connectivity index (χ0v) is 18.8. The van der Waals surface area contributed by atoms with Gasteiger partial charge in [0.05, 0.1) is 43.5 Å². The molecular formula is C19H19BrN4O8. The summed E-state index contributed by atoms with van der Waals surface area (Å²) < 4.78 is 15.6. The molecule has 0 saturated heterocycles. The fourth-order valence-electron chi connectivity index (χ4n) is 2.50. The third kappa shape index (κ3) is 5.85. The number of ether oxygens (including phenoxy) is 3. The Hall–Kier alpha value is -3.87. The number of hydrazone groups is 1. The van der Waals surface area contributed by atoms with Gasteiger partial charge in [-0.05, 0) is 28.1 Å². The van der Waals surface area contributed by atoms with Gasteiger partial charge in [0, 0.05) is 23.3 Å². The SMILES string of the molecule is COc1cc(C(=O)NCC(=O)N/N=C\c2cc([N+](=O)[O-])cc(Br)c2O)cc(OC)c1OC. The molecule has 0 spiro atoms. The van der Waals surface area contributed by atoms with Gasteiger partial charge in [0.2, 0.25) is 5.75 Å². The number of phenols is 1. The van der Waals surface area contributed by atoms with Crippen LogP contribution >= 0.6 is 15.9 Å². The summed E-state index contributed by atoms with van der Waals surface area (Å²) in [6, 6.07) is 5.07. The Bertz CT molecular complexity index is 1050. The van der Waals surface area contributed by atoms with Crippen LogP contribution in [-0.2, 0) is 4.79 Å². The van der Waals surface area contributed by atoms with Gasteiger partial charge < -0.3 is 24.6 Å². The summed E-state index contributed by atoms with van der Waals surface area (Å²) in [4.78, 5) is 34.6. The van der Waals surface area contributed by atoms with Crippen LogP contribution in [0.2, 0.25) is 0 Å². The molecule has 0 aromatic heterocycles. The Labute approximate surface area is 190 Å². The molecule has 0 unspecified atom stereocenters. The number of carbonyl (C=O) groups excluding carboxylic acids is 2. The number of rotatable bonds is 9. The number of benzene rings is 2. The van der Waals surface area contributed by atoms with E-state index >= 15 is 0 Å². The van der Waals surface area contributed by atoms with Crippen molar-refractivity contribution in [2.24, 2.45) is 5.10 Å². The highest BCUT2D eigenvalue weighted by Gasteiger charge is 2.17. The van der Waals surface area contributed by atoms with E-state index in [1.807, 2.05) is 0 Å². The average molecular weight is 511 g/mol. The van der Waals surface area contributed by atoms with Gasteiger partial charge in [-0.25, -0.2) is 5.43 Å². The Balaban J connectivity index is 2.02. The summed E-state index contributed by atoms with van der Waals surface area (Å²) in [7, 11) is 4.24. The number of hydrogen-bond donors (Lipinski definition) is 3. The second-order valence-electron chi connectivity index (χ2n) is 6.01. The van der Waals surface area contributed by atoms with Gasteiger partial charge in [-0.3, -0.25) is 19.7 Å². The van der Waals surface area contributed by atoms with Gasteiger partial charge in [0.15, 0.2) is 11.5 Å². The van der Waals surface area contributed by atoms with Crippen LogP contribution in [-0.4, -0.2) is 55.9 Å². The molecule has 0 saturated carbocycles. The lowest BCUT2D eigenvalue weighted by Crippen LogP contribution is -2.35. The van der Waals surface area contributed by atoms with Gasteiger partial charge >= 0.3 is 0 Å². The molecule has 0 heterocycles. The van der Waals surface area contributed by atoms with Crippen molar-refractivity contribution in [2.45, 2.75) is 0 Å². The highest BCUT2D eigenvalue weighted by molar-refractivity contribution is 9.10. The largest absolute Gasteiger partial charge is 0.506 e. The molecule has 170 valence electrons. The minimum Gasteiger partial charge on any atom is -0.506 e. The minimum atomic E-state index is -0.675. The number of phenolic OH excluding ortho intramolecular Hbond substituents is 1. The van der Waals surface area contributed by atoms with Crippen molar-refractivity contribution in [3.8, 4) is 23.0 Å². The lowest BCUT2D eigenvalue weighted by molar-refractivity contribution is -0.385. The third-order valence-corrected chi connectivity index (χ3v) is 4.62. The normalized spacial score (nSPS) is 10.5. The highest BCUT2D eigenvalue weighted by Crippen LogP contribution is 2.38. The average Bonchev–Trinajstić information content (AvgIpc) is 2.78. The van der Waals surface area contributed by atoms with Crippen molar-refractivity contribution >= 4 is 39.6 Å². The lowest BCUT2D eigenvalue weighted by Gasteiger charge is -2.14. The number of methoxy groups -OCH3 is 3. The molecule has 12 nitrogen and oxygen atoms in total. The van der Waals surface area contributed by atoms with Gasteiger partial charge in [0.1, 0.15) is 5.75 Å². The minimum absolute atomic E-state index is 0.00725. The van der Waals surface area contributed by atoms with E-state index in [9.17, 15) is 24.8 Å². The van der Waals surface area contributed by atoms with Gasteiger partial charge in [-0.1, -0.05) is 0 Å². The van der Waals surface area contributed by atoms with Crippen LogP contribution in [0, 0.1) is 10.1 Å². The summed E-state index contributed by atoms with van der Waals surface area (Å²) >= 11 is 3.00. The summed E-state index contributed by atoms with van der Waals surface area (Å²) in [5.41, 5.74) is 2.05. The maximum Gasteiger partial charge on any atom is 0.271 e. The monoisotopic (exact) mass is 510 g/mol. The zero-order valence-electron chi connectivity index (χ0n) is 17.2. The molecule has 0 aliphatic heterocycles. The smallest absolute Gasteiger partial charge is 0.271 e. The molecule has 13 heteroatoms. The first-order chi connectivity index (χ1) is 15.2. The lowest BCUT2D eigenvalue weighted by atomic mass is 10.1. The van der Waals surface area contributed by atoms with Crippen LogP contribution in [0.1, 0.15) is 15.9 Å². The van der Waals surface area contributed by atoms with Crippen molar-refractivity contribution < 1.29 is 33.8 Å². The van der Waals surface area contributed by atoms with Crippen molar-refractivity contribution in [1.29, 1.82) is 0 Å². The number of non-ortho nitro benzene ring substituents is 1. The summed E-state index contributed by atoms with van der Waals surface area (Å²) in [6.07, 6.45) is 1.03. The predicted molar refractivity (Wildman–Crippen MR) is 117 cm³/mol. The van der Waals surface area contributed by atoms with Crippen molar-refractivity contribution in [1.82, 2.24) is 10.7 Å². The third-order valence-electron chi connectivity index (χ3n) is 4.02. The Kier molecular flexibility index (Phi) is 8.35. The quantitative estimate of drug-likeness (QED) is 0.262. The van der Waals surface area contributed by atoms with E-state index in [-0.39, 0.29) is 38.5 Å². The molecule has 2 aromatic carbocycles. The second-order valence-corrected chi connectivity index (χ2v) is 6.87. The molecule has 0 atom stereocenters. The fraction of sp³-hybridized carbons (Fsp3) is 0.211. The number of hydrogen-bond acceptors (Lipinski definition) is 9. The van der Waals surface area contributed by atoms with Crippen LogP contribution in [0.5, 0.6) is 23.0 Å². The number of nitrogens with zero attached hydrogens (tertiary/aromatic N) is 2. The maximum absolute atomic E-state index is 12.4. The van der Waals surface area contributed by atoms with E-state index in [1.165, 1.54) is 33.5 Å². The summed E-state index contributed by atoms with van der Waals surface area (Å²) in [6.45, 7) is -0.419. The van der Waals surface area contributed by atoms with E-state index < -0.39 is 23.3 Å². The first-order valence-electron chi connectivity index (χ1n) is 8.78. The zero-order chi connectivity index (χ0) is 23.8. The number of nitro benzene ring substituents is 1. The van der Waals surface area contributed by atoms with Crippen LogP contribution in [0.3, 0.4) is 0 Å². The van der Waals surface area contributed by atoms with Gasteiger partial charge in [-0.15, -0.1) is 0 Å². The molecule has 2 rings (SSSR count). The molecule has 0 radical (unpaired) electrons. The standard InChI is InChI=1S/C19H19BrN4O8/c1-30-14-5-10(6-15(31-2)18(14)32-3)19(27)21-9-16(25)23-22-8-11-4-12(24(28)29)7-13(20)17(11)26/h4-8,26H,9H2,1-3H3,(H,21,27)(H,23,25)/b22-8-. The first-order valence-corrected chi connectivity index (χ1v) is 9.58. The van der Waals surface area contributed by atoms with E-state index in [0.717, 1.165) is 18.3 Å². The van der Waals surface area contributed by atoms with Crippen LogP contribution in [0.15, 0.2) is 33.8 Å². The number of nitrogens with one attached hydrogen (secondary N) is 2. The molecule has 0 aliphatic carbocycles. The van der Waals surface area contributed by atoms with E-state index in [2.05, 4.69) is 31.8 Å². The van der Waals surface area contributed by atoms with E-state index in [1.54, 1.807) is 0 Å². The maximum atomic E-state index is 12.4. The number of nitro groups is 1. The summed E-state index contributed by atoms with van der Waals surface area (Å²) in [5.74, 6) is -0.684. The van der Waals surface area contributed by atoms with Crippen LogP contribution in [0.25, 0.3) is 0 Å². The van der Waals surface area contributed by atoms with Crippen molar-refractivity contribution in [3.63, 3.8) is 0 Å². The Morgan fingerprint density at radius 1 is 1.16 bits per heavy atom. The highest BCUT2D eigenvalue weighted by atomic mass is 79.9.